The zero-order valence-electron chi connectivity index (χ0n) is 8.60. The van der Waals surface area contributed by atoms with Gasteiger partial charge < -0.3 is 5.32 Å². The second-order valence-corrected chi connectivity index (χ2v) is 4.89. The zero-order chi connectivity index (χ0) is 10.7. The van der Waals surface area contributed by atoms with Crippen molar-refractivity contribution in [3.63, 3.8) is 0 Å². The van der Waals surface area contributed by atoms with Gasteiger partial charge in [0.15, 0.2) is 0 Å². The summed E-state index contributed by atoms with van der Waals surface area (Å²) in [6.45, 7) is 1.10. The summed E-state index contributed by atoms with van der Waals surface area (Å²) in [6.07, 6.45) is 4.94. The van der Waals surface area contributed by atoms with Crippen LogP contribution in [0, 0.1) is 0 Å². The van der Waals surface area contributed by atoms with Crippen molar-refractivity contribution in [3.8, 4) is 0 Å². The second-order valence-electron chi connectivity index (χ2n) is 4.08. The van der Waals surface area contributed by atoms with Gasteiger partial charge in [-0.15, -0.1) is 0 Å². The zero-order valence-corrected chi connectivity index (χ0v) is 10.1. The maximum atomic E-state index is 5.94. The predicted molar refractivity (Wildman–Crippen MR) is 65.8 cm³/mol. The van der Waals surface area contributed by atoms with E-state index in [0.717, 1.165) is 25.4 Å². The summed E-state index contributed by atoms with van der Waals surface area (Å²) >= 11 is 11.8. The van der Waals surface area contributed by atoms with Crippen LogP contribution in [0.25, 0.3) is 0 Å². The van der Waals surface area contributed by atoms with E-state index in [2.05, 4.69) is 5.32 Å². The molecule has 1 N–H and O–H groups in total. The molecule has 0 heterocycles. The molecule has 0 amide bonds. The van der Waals surface area contributed by atoms with Crippen LogP contribution in [-0.2, 0) is 6.42 Å². The molecule has 1 aliphatic rings. The average molecular weight is 244 g/mol. The van der Waals surface area contributed by atoms with Crippen molar-refractivity contribution >= 4 is 23.2 Å². The molecular weight excluding hydrogens is 229 g/mol. The van der Waals surface area contributed by atoms with Gasteiger partial charge in [-0.2, -0.15) is 0 Å². The smallest absolute Gasteiger partial charge is 0.0595 e. The third-order valence-electron chi connectivity index (χ3n) is 2.64. The van der Waals surface area contributed by atoms with E-state index in [1.54, 1.807) is 0 Å². The molecule has 1 aromatic rings. The lowest BCUT2D eigenvalue weighted by Gasteiger charge is -2.04. The van der Waals surface area contributed by atoms with Gasteiger partial charge in [-0.25, -0.2) is 0 Å². The van der Waals surface area contributed by atoms with Crippen LogP contribution in [0.5, 0.6) is 0 Å². The average Bonchev–Trinajstić information content (AvgIpc) is 3.02. The molecule has 0 aromatic heterocycles. The fourth-order valence-electron chi connectivity index (χ4n) is 1.58. The SMILES string of the molecule is Clc1ccc(CCCNC2CC2)cc1Cl. The molecule has 0 unspecified atom stereocenters. The Morgan fingerprint density at radius 2 is 2.00 bits per heavy atom. The molecule has 0 spiro atoms. The summed E-state index contributed by atoms with van der Waals surface area (Å²) in [4.78, 5) is 0. The highest BCUT2D eigenvalue weighted by atomic mass is 35.5. The largest absolute Gasteiger partial charge is 0.314 e. The van der Waals surface area contributed by atoms with E-state index in [-0.39, 0.29) is 0 Å². The molecular formula is C12H15Cl2N. The van der Waals surface area contributed by atoms with Crippen molar-refractivity contribution in [3.05, 3.63) is 33.8 Å². The van der Waals surface area contributed by atoms with Gasteiger partial charge in [0.25, 0.3) is 0 Å². The molecule has 1 aromatic carbocycles. The van der Waals surface area contributed by atoms with Gasteiger partial charge in [0.2, 0.25) is 0 Å². The van der Waals surface area contributed by atoms with Crippen molar-refractivity contribution in [2.24, 2.45) is 0 Å². The highest BCUT2D eigenvalue weighted by Gasteiger charge is 2.19. The number of rotatable bonds is 5. The lowest BCUT2D eigenvalue weighted by atomic mass is 10.1. The molecule has 2 rings (SSSR count). The van der Waals surface area contributed by atoms with Crippen LogP contribution >= 0.6 is 23.2 Å². The Kier molecular flexibility index (Phi) is 3.90. The molecule has 1 aliphatic carbocycles. The molecule has 1 fully saturated rings. The molecule has 0 aliphatic heterocycles. The van der Waals surface area contributed by atoms with Crippen LogP contribution in [0.15, 0.2) is 18.2 Å². The highest BCUT2D eigenvalue weighted by Crippen LogP contribution is 2.23. The first kappa shape index (κ1) is 11.3. The molecule has 0 radical (unpaired) electrons. The monoisotopic (exact) mass is 243 g/mol. The summed E-state index contributed by atoms with van der Waals surface area (Å²) in [5.74, 6) is 0. The van der Waals surface area contributed by atoms with Gasteiger partial charge >= 0.3 is 0 Å². The van der Waals surface area contributed by atoms with Crippen molar-refractivity contribution in [1.82, 2.24) is 5.32 Å². The van der Waals surface area contributed by atoms with Gasteiger partial charge in [0.05, 0.1) is 10.0 Å². The third-order valence-corrected chi connectivity index (χ3v) is 3.38. The van der Waals surface area contributed by atoms with E-state index in [9.17, 15) is 0 Å². The summed E-state index contributed by atoms with van der Waals surface area (Å²) in [5.41, 5.74) is 1.27. The Balaban J connectivity index is 1.74. The quantitative estimate of drug-likeness (QED) is 0.779. The lowest BCUT2D eigenvalue weighted by molar-refractivity contribution is 0.645. The number of aryl methyl sites for hydroxylation is 1. The van der Waals surface area contributed by atoms with Crippen molar-refractivity contribution in [1.29, 1.82) is 0 Å². The van der Waals surface area contributed by atoms with Gasteiger partial charge in [0.1, 0.15) is 0 Å². The minimum absolute atomic E-state index is 0.636. The third kappa shape index (κ3) is 3.67. The highest BCUT2D eigenvalue weighted by molar-refractivity contribution is 6.42. The van der Waals surface area contributed by atoms with Crippen LogP contribution < -0.4 is 5.32 Å². The van der Waals surface area contributed by atoms with E-state index in [1.807, 2.05) is 18.2 Å². The van der Waals surface area contributed by atoms with E-state index < -0.39 is 0 Å². The fraction of sp³-hybridized carbons (Fsp3) is 0.500. The first-order valence-electron chi connectivity index (χ1n) is 5.43. The molecule has 0 atom stereocenters. The molecule has 1 saturated carbocycles. The molecule has 0 bridgehead atoms. The van der Waals surface area contributed by atoms with E-state index in [4.69, 9.17) is 23.2 Å². The predicted octanol–water partition coefficient (Wildman–Crippen LogP) is 3.68. The Hall–Kier alpha value is -0.240. The van der Waals surface area contributed by atoms with Gasteiger partial charge in [-0.3, -0.25) is 0 Å². The van der Waals surface area contributed by atoms with E-state index in [0.29, 0.717) is 10.0 Å². The summed E-state index contributed by atoms with van der Waals surface area (Å²) in [5, 5.41) is 4.79. The van der Waals surface area contributed by atoms with Gasteiger partial charge in [0, 0.05) is 6.04 Å². The van der Waals surface area contributed by atoms with Crippen molar-refractivity contribution in [2.45, 2.75) is 31.7 Å². The Morgan fingerprint density at radius 1 is 1.20 bits per heavy atom. The summed E-state index contributed by atoms with van der Waals surface area (Å²) < 4.78 is 0. The van der Waals surface area contributed by atoms with E-state index in [1.165, 1.54) is 18.4 Å². The first-order valence-corrected chi connectivity index (χ1v) is 6.18. The first-order chi connectivity index (χ1) is 7.25. The van der Waals surface area contributed by atoms with Crippen LogP contribution in [0.4, 0.5) is 0 Å². The topological polar surface area (TPSA) is 12.0 Å². The Morgan fingerprint density at radius 3 is 2.67 bits per heavy atom. The van der Waals surface area contributed by atoms with Crippen LogP contribution in [0.1, 0.15) is 24.8 Å². The normalized spacial score (nSPS) is 15.6. The number of halogens is 2. The molecule has 1 nitrogen and oxygen atoms in total. The molecule has 15 heavy (non-hydrogen) atoms. The molecule has 3 heteroatoms. The van der Waals surface area contributed by atoms with Crippen LogP contribution in [0.2, 0.25) is 10.0 Å². The van der Waals surface area contributed by atoms with Gasteiger partial charge in [-0.1, -0.05) is 29.3 Å². The number of hydrogen-bond acceptors (Lipinski definition) is 1. The minimum atomic E-state index is 0.636. The van der Waals surface area contributed by atoms with Gasteiger partial charge in [-0.05, 0) is 49.9 Å². The van der Waals surface area contributed by atoms with Crippen LogP contribution in [-0.4, -0.2) is 12.6 Å². The minimum Gasteiger partial charge on any atom is -0.314 e. The lowest BCUT2D eigenvalue weighted by Crippen LogP contribution is -2.17. The maximum Gasteiger partial charge on any atom is 0.0595 e. The molecule has 0 saturated heterocycles. The Labute approximate surface area is 101 Å². The standard InChI is InChI=1S/C12H15Cl2N/c13-11-6-3-9(8-12(11)14)2-1-7-15-10-4-5-10/h3,6,8,10,15H,1-2,4-5,7H2. The van der Waals surface area contributed by atoms with Crippen molar-refractivity contribution in [2.75, 3.05) is 6.54 Å². The molecule has 82 valence electrons. The maximum absolute atomic E-state index is 5.94. The van der Waals surface area contributed by atoms with E-state index >= 15 is 0 Å². The number of nitrogens with one attached hydrogen (secondary N) is 1. The fourth-order valence-corrected chi connectivity index (χ4v) is 1.90. The van der Waals surface area contributed by atoms with Crippen LogP contribution in [0.3, 0.4) is 0 Å². The summed E-state index contributed by atoms with van der Waals surface area (Å²) in [6, 6.07) is 6.68. The number of hydrogen-bond donors (Lipinski definition) is 1. The Bertz CT molecular complexity index is 334. The number of benzene rings is 1. The summed E-state index contributed by atoms with van der Waals surface area (Å²) in [7, 11) is 0. The van der Waals surface area contributed by atoms with Crippen molar-refractivity contribution < 1.29 is 0 Å². The second kappa shape index (κ2) is 5.20.